The summed E-state index contributed by atoms with van der Waals surface area (Å²) in [6, 6.07) is 8.27. The van der Waals surface area contributed by atoms with Gasteiger partial charge in [0.15, 0.2) is 0 Å². The van der Waals surface area contributed by atoms with Crippen LogP contribution in [0.5, 0.6) is 0 Å². The molecule has 0 amide bonds. The summed E-state index contributed by atoms with van der Waals surface area (Å²) in [5.41, 5.74) is 1.66. The van der Waals surface area contributed by atoms with E-state index in [4.69, 9.17) is 10.00 Å². The van der Waals surface area contributed by atoms with Crippen molar-refractivity contribution in [3.8, 4) is 6.07 Å². The van der Waals surface area contributed by atoms with E-state index < -0.39 is 0 Å². The van der Waals surface area contributed by atoms with Crippen molar-refractivity contribution in [1.82, 2.24) is 0 Å². The van der Waals surface area contributed by atoms with Gasteiger partial charge in [-0.15, -0.1) is 0 Å². The van der Waals surface area contributed by atoms with Crippen molar-refractivity contribution in [1.29, 1.82) is 5.26 Å². The van der Waals surface area contributed by atoms with Crippen molar-refractivity contribution >= 4 is 21.6 Å². The highest BCUT2D eigenvalue weighted by molar-refractivity contribution is 9.10. The third kappa shape index (κ3) is 2.55. The lowest BCUT2D eigenvalue weighted by Gasteiger charge is -2.35. The van der Waals surface area contributed by atoms with Gasteiger partial charge in [-0.25, -0.2) is 0 Å². The van der Waals surface area contributed by atoms with Gasteiger partial charge in [0, 0.05) is 23.3 Å². The molecule has 0 atom stereocenters. The molecule has 1 fully saturated rings. The molecule has 84 valence electrons. The van der Waals surface area contributed by atoms with Crippen molar-refractivity contribution in [2.24, 2.45) is 0 Å². The Kier molecular flexibility index (Phi) is 3.47. The Morgan fingerprint density at radius 1 is 1.44 bits per heavy atom. The zero-order chi connectivity index (χ0) is 11.5. The minimum absolute atomic E-state index is 0.389. The minimum atomic E-state index is 0.389. The van der Waals surface area contributed by atoms with Gasteiger partial charge in [0.25, 0.3) is 0 Å². The summed E-state index contributed by atoms with van der Waals surface area (Å²) in [4.78, 5) is 0. The number of halogens is 1. The molecule has 3 nitrogen and oxygen atoms in total. The van der Waals surface area contributed by atoms with E-state index in [9.17, 15) is 0 Å². The Labute approximate surface area is 104 Å². The van der Waals surface area contributed by atoms with E-state index in [1.807, 2.05) is 18.2 Å². The van der Waals surface area contributed by atoms with Crippen LogP contribution in [-0.4, -0.2) is 19.3 Å². The van der Waals surface area contributed by atoms with Crippen molar-refractivity contribution in [3.05, 3.63) is 28.2 Å². The number of ether oxygens (including phenoxy) is 1. The predicted molar refractivity (Wildman–Crippen MR) is 66.3 cm³/mol. The van der Waals surface area contributed by atoms with Crippen molar-refractivity contribution < 1.29 is 4.74 Å². The van der Waals surface area contributed by atoms with E-state index in [0.717, 1.165) is 23.0 Å². The first-order valence-electron chi connectivity index (χ1n) is 5.21. The summed E-state index contributed by atoms with van der Waals surface area (Å²) in [7, 11) is 1.74. The zero-order valence-electron chi connectivity index (χ0n) is 9.03. The first-order chi connectivity index (χ1) is 7.71. The lowest BCUT2D eigenvalue weighted by atomic mass is 9.89. The van der Waals surface area contributed by atoms with E-state index in [2.05, 4.69) is 27.3 Å². The van der Waals surface area contributed by atoms with Crippen molar-refractivity contribution in [3.63, 3.8) is 0 Å². The first-order valence-corrected chi connectivity index (χ1v) is 6.00. The normalized spacial score (nSPS) is 23.3. The van der Waals surface area contributed by atoms with Crippen LogP contribution in [0.4, 0.5) is 5.69 Å². The zero-order valence-corrected chi connectivity index (χ0v) is 10.6. The molecule has 4 heteroatoms. The van der Waals surface area contributed by atoms with Crippen LogP contribution in [0, 0.1) is 11.3 Å². The average molecular weight is 281 g/mol. The van der Waals surface area contributed by atoms with Crippen LogP contribution in [0.15, 0.2) is 22.7 Å². The van der Waals surface area contributed by atoms with Crippen LogP contribution in [0.3, 0.4) is 0 Å². The highest BCUT2D eigenvalue weighted by atomic mass is 79.9. The lowest BCUT2D eigenvalue weighted by molar-refractivity contribution is 0.0329. The lowest BCUT2D eigenvalue weighted by Crippen LogP contribution is -2.40. The molecule has 0 aliphatic heterocycles. The summed E-state index contributed by atoms with van der Waals surface area (Å²) in [6.07, 6.45) is 2.45. The Morgan fingerprint density at radius 2 is 2.19 bits per heavy atom. The molecule has 0 heterocycles. The Morgan fingerprint density at radius 3 is 2.81 bits per heavy atom. The summed E-state index contributed by atoms with van der Waals surface area (Å²) < 4.78 is 6.15. The topological polar surface area (TPSA) is 45.0 Å². The number of nitriles is 1. The number of hydrogen-bond acceptors (Lipinski definition) is 3. The molecule has 1 aliphatic carbocycles. The summed E-state index contributed by atoms with van der Waals surface area (Å²) >= 11 is 3.39. The number of hydrogen-bond donors (Lipinski definition) is 1. The maximum absolute atomic E-state index is 8.85. The molecule has 0 spiro atoms. The van der Waals surface area contributed by atoms with E-state index in [1.165, 1.54) is 0 Å². The van der Waals surface area contributed by atoms with Crippen molar-refractivity contribution in [2.45, 2.75) is 25.0 Å². The standard InChI is InChI=1S/C12H13BrN2O/c1-16-12-5-11(6-12)15-10-3-8(7-14)2-9(13)4-10/h2-4,11-12,15H,5-6H2,1H3. The second-order valence-corrected chi connectivity index (χ2v) is 4.93. The minimum Gasteiger partial charge on any atom is -0.382 e. The number of rotatable bonds is 3. The van der Waals surface area contributed by atoms with Gasteiger partial charge < -0.3 is 10.1 Å². The van der Waals surface area contributed by atoms with Gasteiger partial charge in [0.1, 0.15) is 0 Å². The van der Waals surface area contributed by atoms with Crippen LogP contribution in [-0.2, 0) is 4.74 Å². The predicted octanol–water partition coefficient (Wildman–Crippen LogP) is 2.91. The summed E-state index contributed by atoms with van der Waals surface area (Å²) in [5.74, 6) is 0. The smallest absolute Gasteiger partial charge is 0.0992 e. The van der Waals surface area contributed by atoms with Crippen LogP contribution in [0.1, 0.15) is 18.4 Å². The first kappa shape index (κ1) is 11.4. The third-order valence-corrected chi connectivity index (χ3v) is 3.28. The summed E-state index contributed by atoms with van der Waals surface area (Å²) in [5, 5.41) is 12.3. The second-order valence-electron chi connectivity index (χ2n) is 4.01. The number of methoxy groups -OCH3 is 1. The SMILES string of the molecule is COC1CC(Nc2cc(Br)cc(C#N)c2)C1. The quantitative estimate of drug-likeness (QED) is 0.926. The molecule has 0 unspecified atom stereocenters. The molecular weight excluding hydrogens is 268 g/mol. The van der Waals surface area contributed by atoms with Crippen LogP contribution in [0.2, 0.25) is 0 Å². The van der Waals surface area contributed by atoms with E-state index >= 15 is 0 Å². The maximum atomic E-state index is 8.85. The summed E-state index contributed by atoms with van der Waals surface area (Å²) in [6.45, 7) is 0. The molecule has 2 rings (SSSR count). The molecule has 1 aromatic carbocycles. The fraction of sp³-hybridized carbons (Fsp3) is 0.417. The molecule has 0 radical (unpaired) electrons. The molecule has 1 aliphatic rings. The van der Waals surface area contributed by atoms with Gasteiger partial charge in [0.05, 0.1) is 17.7 Å². The van der Waals surface area contributed by atoms with Gasteiger partial charge >= 0.3 is 0 Å². The van der Waals surface area contributed by atoms with Crippen LogP contribution >= 0.6 is 15.9 Å². The fourth-order valence-electron chi connectivity index (χ4n) is 1.85. The van der Waals surface area contributed by atoms with Gasteiger partial charge in [-0.3, -0.25) is 0 Å². The number of nitrogens with one attached hydrogen (secondary N) is 1. The second kappa shape index (κ2) is 4.86. The van der Waals surface area contributed by atoms with Crippen LogP contribution in [0.25, 0.3) is 0 Å². The number of benzene rings is 1. The third-order valence-electron chi connectivity index (χ3n) is 2.83. The molecule has 16 heavy (non-hydrogen) atoms. The average Bonchev–Trinajstić information content (AvgIpc) is 2.22. The van der Waals surface area contributed by atoms with E-state index in [1.54, 1.807) is 7.11 Å². The molecular formula is C12H13BrN2O. The molecule has 1 aromatic rings. The van der Waals surface area contributed by atoms with Gasteiger partial charge in [-0.2, -0.15) is 5.26 Å². The molecule has 1 saturated carbocycles. The van der Waals surface area contributed by atoms with E-state index in [-0.39, 0.29) is 0 Å². The maximum Gasteiger partial charge on any atom is 0.0992 e. The molecule has 0 aromatic heterocycles. The Hall–Kier alpha value is -1.05. The highest BCUT2D eigenvalue weighted by Crippen LogP contribution is 2.28. The van der Waals surface area contributed by atoms with E-state index in [0.29, 0.717) is 17.7 Å². The number of nitrogens with zero attached hydrogens (tertiary/aromatic N) is 1. The Balaban J connectivity index is 2.00. The van der Waals surface area contributed by atoms with Gasteiger partial charge in [0.2, 0.25) is 0 Å². The Bertz CT molecular complexity index is 422. The molecule has 1 N–H and O–H groups in total. The largest absolute Gasteiger partial charge is 0.382 e. The van der Waals surface area contributed by atoms with Crippen LogP contribution < -0.4 is 5.32 Å². The van der Waals surface area contributed by atoms with Gasteiger partial charge in [-0.1, -0.05) is 15.9 Å². The fourth-order valence-corrected chi connectivity index (χ4v) is 2.34. The molecule has 0 saturated heterocycles. The monoisotopic (exact) mass is 280 g/mol. The van der Waals surface area contributed by atoms with Crippen molar-refractivity contribution in [2.75, 3.05) is 12.4 Å². The van der Waals surface area contributed by atoms with Gasteiger partial charge in [-0.05, 0) is 31.0 Å². The molecule has 0 bridgehead atoms. The number of anilines is 1. The highest BCUT2D eigenvalue weighted by Gasteiger charge is 2.28.